The molecule has 3 aromatic carbocycles. The normalized spacial score (nSPS) is 12.0. The predicted octanol–water partition coefficient (Wildman–Crippen LogP) is 5.52. The summed E-state index contributed by atoms with van der Waals surface area (Å²) in [6, 6.07) is 23.4. The van der Waals surface area contributed by atoms with Gasteiger partial charge in [-0.2, -0.15) is 8.78 Å². The highest BCUT2D eigenvalue weighted by atomic mass is 32.2. The van der Waals surface area contributed by atoms with Crippen molar-refractivity contribution in [3.63, 3.8) is 0 Å². The third-order valence-electron chi connectivity index (χ3n) is 3.93. The molecule has 0 unspecified atom stereocenters. The number of alkyl halides is 2. The van der Waals surface area contributed by atoms with Crippen molar-refractivity contribution in [2.45, 2.75) is 10.7 Å². The Morgan fingerprint density at radius 3 is 1.62 bits per heavy atom. The lowest BCUT2D eigenvalue weighted by Gasteiger charge is -2.03. The molecule has 0 aliphatic heterocycles. The molecule has 0 radical (unpaired) electrons. The van der Waals surface area contributed by atoms with Gasteiger partial charge in [0, 0.05) is 0 Å². The highest BCUT2D eigenvalue weighted by Crippen LogP contribution is 2.21. The standard InChI is InChI=1S/C21H16F2O2S/c22-21(23)26(24,25)20-14-10-17(11-15-20)7-6-16-8-12-19(13-9-16)18-4-2-1-3-5-18/h1-15,21H. The average molecular weight is 370 g/mol. The summed E-state index contributed by atoms with van der Waals surface area (Å²) in [7, 11) is -4.55. The van der Waals surface area contributed by atoms with Gasteiger partial charge in [0.05, 0.1) is 4.90 Å². The molecular formula is C21H16F2O2S. The van der Waals surface area contributed by atoms with Gasteiger partial charge in [-0.1, -0.05) is 78.9 Å². The van der Waals surface area contributed by atoms with E-state index in [-0.39, 0.29) is 4.90 Å². The van der Waals surface area contributed by atoms with Crippen molar-refractivity contribution >= 4 is 22.0 Å². The van der Waals surface area contributed by atoms with Gasteiger partial charge in [0.25, 0.3) is 0 Å². The first-order valence-corrected chi connectivity index (χ1v) is 9.47. The molecule has 0 aliphatic rings. The van der Waals surface area contributed by atoms with E-state index in [1.807, 2.05) is 60.7 Å². The Hall–Kier alpha value is -2.79. The molecule has 0 saturated heterocycles. The second-order valence-corrected chi connectivity index (χ2v) is 7.61. The molecule has 0 amide bonds. The summed E-state index contributed by atoms with van der Waals surface area (Å²) >= 11 is 0. The molecule has 0 aliphatic carbocycles. The molecule has 3 aromatic rings. The van der Waals surface area contributed by atoms with Gasteiger partial charge in [0.15, 0.2) is 0 Å². The van der Waals surface area contributed by atoms with Crippen LogP contribution in [0.3, 0.4) is 0 Å². The minimum atomic E-state index is -4.55. The quantitative estimate of drug-likeness (QED) is 0.554. The van der Waals surface area contributed by atoms with Gasteiger partial charge in [-0.25, -0.2) is 8.42 Å². The fourth-order valence-electron chi connectivity index (χ4n) is 2.48. The minimum absolute atomic E-state index is 0.378. The van der Waals surface area contributed by atoms with E-state index in [1.165, 1.54) is 24.3 Å². The van der Waals surface area contributed by atoms with Crippen LogP contribution in [0.4, 0.5) is 8.78 Å². The largest absolute Gasteiger partial charge is 0.341 e. The van der Waals surface area contributed by atoms with Crippen molar-refractivity contribution in [1.82, 2.24) is 0 Å². The van der Waals surface area contributed by atoms with E-state index < -0.39 is 15.6 Å². The Morgan fingerprint density at radius 2 is 1.12 bits per heavy atom. The van der Waals surface area contributed by atoms with E-state index in [9.17, 15) is 17.2 Å². The third kappa shape index (κ3) is 4.06. The summed E-state index contributed by atoms with van der Waals surface area (Å²) in [5.41, 5.74) is 3.96. The zero-order chi connectivity index (χ0) is 18.6. The van der Waals surface area contributed by atoms with Crippen LogP contribution in [0.5, 0.6) is 0 Å². The number of rotatable bonds is 5. The summed E-state index contributed by atoms with van der Waals surface area (Å²) in [6.07, 6.45) is 3.68. The summed E-state index contributed by atoms with van der Waals surface area (Å²) in [6.45, 7) is 0. The Morgan fingerprint density at radius 1 is 0.654 bits per heavy atom. The SMILES string of the molecule is O=S(=O)(c1ccc(C=Cc2ccc(-c3ccccc3)cc2)cc1)C(F)F. The molecule has 0 fully saturated rings. The van der Waals surface area contributed by atoms with Crippen LogP contribution >= 0.6 is 0 Å². The Bertz CT molecular complexity index is 992. The zero-order valence-corrected chi connectivity index (χ0v) is 14.5. The number of hydrogen-bond donors (Lipinski definition) is 0. The Balaban J connectivity index is 1.74. The first kappa shape index (κ1) is 18.0. The number of benzene rings is 3. The van der Waals surface area contributed by atoms with Crippen LogP contribution in [-0.4, -0.2) is 14.2 Å². The molecule has 26 heavy (non-hydrogen) atoms. The second kappa shape index (κ2) is 7.62. The van der Waals surface area contributed by atoms with Crippen molar-refractivity contribution < 1.29 is 17.2 Å². The molecule has 132 valence electrons. The summed E-state index contributed by atoms with van der Waals surface area (Å²) in [5, 5.41) is 0. The number of halogens is 2. The molecule has 0 aromatic heterocycles. The van der Waals surface area contributed by atoms with Gasteiger partial charge in [-0.15, -0.1) is 0 Å². The summed E-state index contributed by atoms with van der Waals surface area (Å²) in [5.74, 6) is -3.41. The number of sulfone groups is 1. The Labute approximate surface area is 151 Å². The lowest BCUT2D eigenvalue weighted by molar-refractivity contribution is 0.234. The lowest BCUT2D eigenvalue weighted by atomic mass is 10.0. The third-order valence-corrected chi connectivity index (χ3v) is 5.33. The van der Waals surface area contributed by atoms with Crippen LogP contribution in [0.15, 0.2) is 83.8 Å². The topological polar surface area (TPSA) is 34.1 Å². The van der Waals surface area contributed by atoms with E-state index in [2.05, 4.69) is 0 Å². The maximum atomic E-state index is 12.5. The summed E-state index contributed by atoms with van der Waals surface area (Å²) < 4.78 is 47.8. The van der Waals surface area contributed by atoms with Gasteiger partial charge < -0.3 is 0 Å². The van der Waals surface area contributed by atoms with E-state index >= 15 is 0 Å². The molecule has 0 atom stereocenters. The van der Waals surface area contributed by atoms with Gasteiger partial charge in [-0.3, -0.25) is 0 Å². The average Bonchev–Trinajstić information content (AvgIpc) is 2.67. The van der Waals surface area contributed by atoms with Crippen molar-refractivity contribution in [1.29, 1.82) is 0 Å². The van der Waals surface area contributed by atoms with E-state index in [4.69, 9.17) is 0 Å². The fraction of sp³-hybridized carbons (Fsp3) is 0.0476. The van der Waals surface area contributed by atoms with E-state index in [0.29, 0.717) is 0 Å². The molecule has 0 heterocycles. The first-order valence-electron chi connectivity index (χ1n) is 7.92. The molecule has 0 spiro atoms. The molecule has 0 N–H and O–H groups in total. The van der Waals surface area contributed by atoms with Crippen LogP contribution in [0.25, 0.3) is 23.3 Å². The monoisotopic (exact) mass is 370 g/mol. The molecular weight excluding hydrogens is 354 g/mol. The number of hydrogen-bond acceptors (Lipinski definition) is 2. The van der Waals surface area contributed by atoms with Gasteiger partial charge in [-0.05, 0) is 34.4 Å². The lowest BCUT2D eigenvalue weighted by Crippen LogP contribution is -2.11. The van der Waals surface area contributed by atoms with Crippen LogP contribution in [0, 0.1) is 0 Å². The van der Waals surface area contributed by atoms with Gasteiger partial charge >= 0.3 is 5.76 Å². The van der Waals surface area contributed by atoms with Crippen molar-refractivity contribution in [3.8, 4) is 11.1 Å². The fourth-order valence-corrected chi connectivity index (χ4v) is 3.20. The molecule has 2 nitrogen and oxygen atoms in total. The highest BCUT2D eigenvalue weighted by Gasteiger charge is 2.25. The van der Waals surface area contributed by atoms with Crippen LogP contribution in [0.1, 0.15) is 11.1 Å². The van der Waals surface area contributed by atoms with Crippen LogP contribution in [-0.2, 0) is 9.84 Å². The van der Waals surface area contributed by atoms with Crippen molar-refractivity contribution in [2.75, 3.05) is 0 Å². The highest BCUT2D eigenvalue weighted by molar-refractivity contribution is 7.91. The van der Waals surface area contributed by atoms with Crippen molar-refractivity contribution in [2.24, 2.45) is 0 Å². The zero-order valence-electron chi connectivity index (χ0n) is 13.7. The Kier molecular flexibility index (Phi) is 5.28. The van der Waals surface area contributed by atoms with E-state index in [1.54, 1.807) is 6.08 Å². The molecule has 5 heteroatoms. The predicted molar refractivity (Wildman–Crippen MR) is 100 cm³/mol. The smallest absolute Gasteiger partial charge is 0.218 e. The first-order chi connectivity index (χ1) is 12.5. The van der Waals surface area contributed by atoms with Crippen LogP contribution in [0.2, 0.25) is 0 Å². The van der Waals surface area contributed by atoms with Gasteiger partial charge in [0.1, 0.15) is 0 Å². The molecule has 3 rings (SSSR count). The van der Waals surface area contributed by atoms with Crippen molar-refractivity contribution in [3.05, 3.63) is 90.0 Å². The maximum absolute atomic E-state index is 12.5. The maximum Gasteiger partial charge on any atom is 0.341 e. The molecule has 0 saturated carbocycles. The van der Waals surface area contributed by atoms with Gasteiger partial charge in [0.2, 0.25) is 9.84 Å². The second-order valence-electron chi connectivity index (χ2n) is 5.70. The van der Waals surface area contributed by atoms with Crippen LogP contribution < -0.4 is 0 Å². The minimum Gasteiger partial charge on any atom is -0.218 e. The van der Waals surface area contributed by atoms with E-state index in [0.717, 1.165) is 22.3 Å². The summed E-state index contributed by atoms with van der Waals surface area (Å²) in [4.78, 5) is -0.378. The molecule has 0 bridgehead atoms.